The van der Waals surface area contributed by atoms with E-state index in [1.165, 1.54) is 12.1 Å². The first-order valence-corrected chi connectivity index (χ1v) is 10.0. The second-order valence-corrected chi connectivity index (χ2v) is 7.39. The number of nitro groups is 1. The van der Waals surface area contributed by atoms with Crippen LogP contribution in [-0.4, -0.2) is 33.0 Å². The minimum Gasteiger partial charge on any atom is -0.465 e. The molecule has 31 heavy (non-hydrogen) atoms. The molecule has 1 aliphatic rings. The van der Waals surface area contributed by atoms with E-state index in [-0.39, 0.29) is 12.3 Å². The van der Waals surface area contributed by atoms with Crippen molar-refractivity contribution in [3.63, 3.8) is 0 Å². The molecule has 158 valence electrons. The number of rotatable bonds is 5. The van der Waals surface area contributed by atoms with Gasteiger partial charge in [-0.25, -0.2) is 4.99 Å². The Hall–Kier alpha value is -3.81. The zero-order valence-corrected chi connectivity index (χ0v) is 17.5. The third-order valence-electron chi connectivity index (χ3n) is 5.46. The van der Waals surface area contributed by atoms with Crippen LogP contribution in [0.2, 0.25) is 0 Å². The van der Waals surface area contributed by atoms with Gasteiger partial charge in [-0.1, -0.05) is 42.5 Å². The number of nitro benzene ring substituents is 1. The summed E-state index contributed by atoms with van der Waals surface area (Å²) in [5, 5.41) is 16.1. The number of nitrogens with zero attached hydrogens (tertiary/aromatic N) is 4. The van der Waals surface area contributed by atoms with Crippen LogP contribution < -0.4 is 0 Å². The van der Waals surface area contributed by atoms with E-state index in [9.17, 15) is 14.9 Å². The Morgan fingerprint density at radius 2 is 1.94 bits per heavy atom. The molecule has 0 N–H and O–H groups in total. The van der Waals surface area contributed by atoms with Crippen LogP contribution in [-0.2, 0) is 16.6 Å². The Balaban J connectivity index is 1.99. The summed E-state index contributed by atoms with van der Waals surface area (Å²) in [5.41, 5.74) is 3.54. The van der Waals surface area contributed by atoms with E-state index < -0.39 is 22.7 Å². The topological polar surface area (TPSA) is 99.6 Å². The number of fused-ring (bicyclic) bond motifs is 1. The summed E-state index contributed by atoms with van der Waals surface area (Å²) in [4.78, 5) is 28.7. The number of aryl methyl sites for hydroxylation is 1. The van der Waals surface area contributed by atoms with Crippen molar-refractivity contribution in [3.8, 4) is 11.3 Å². The zero-order chi connectivity index (χ0) is 22.1. The number of benzene rings is 2. The SMILES string of the molecule is CCOC(=O)C1C(C)=Nc2c(c(-c3ccccc3)nn2C)C1c1cccc([N+](=O)[O-])c1. The van der Waals surface area contributed by atoms with Gasteiger partial charge < -0.3 is 4.74 Å². The molecule has 0 fully saturated rings. The predicted molar refractivity (Wildman–Crippen MR) is 116 cm³/mol. The predicted octanol–water partition coefficient (Wildman–Crippen LogP) is 4.41. The Morgan fingerprint density at radius 1 is 1.19 bits per heavy atom. The second kappa shape index (κ2) is 8.14. The smallest absolute Gasteiger partial charge is 0.315 e. The molecule has 4 rings (SSSR count). The van der Waals surface area contributed by atoms with Crippen molar-refractivity contribution in [2.75, 3.05) is 6.61 Å². The summed E-state index contributed by atoms with van der Waals surface area (Å²) in [6.45, 7) is 3.76. The van der Waals surface area contributed by atoms with E-state index in [1.807, 2.05) is 30.3 Å². The summed E-state index contributed by atoms with van der Waals surface area (Å²) in [7, 11) is 1.80. The molecular weight excluding hydrogens is 396 g/mol. The van der Waals surface area contributed by atoms with Gasteiger partial charge in [-0.05, 0) is 19.4 Å². The number of aliphatic imine (C=N–C) groups is 1. The van der Waals surface area contributed by atoms with Gasteiger partial charge in [0.25, 0.3) is 5.69 Å². The maximum absolute atomic E-state index is 13.0. The van der Waals surface area contributed by atoms with Gasteiger partial charge in [-0.15, -0.1) is 0 Å². The highest BCUT2D eigenvalue weighted by Gasteiger charge is 2.42. The number of hydrogen-bond acceptors (Lipinski definition) is 6. The van der Waals surface area contributed by atoms with Crippen molar-refractivity contribution in [2.45, 2.75) is 19.8 Å². The van der Waals surface area contributed by atoms with Gasteiger partial charge in [0.05, 0.1) is 17.2 Å². The molecule has 3 aromatic rings. The largest absolute Gasteiger partial charge is 0.465 e. The molecule has 0 radical (unpaired) electrons. The highest BCUT2D eigenvalue weighted by atomic mass is 16.6. The van der Waals surface area contributed by atoms with E-state index in [4.69, 9.17) is 14.8 Å². The quantitative estimate of drug-likeness (QED) is 0.347. The normalized spacial score (nSPS) is 17.6. The Labute approximate surface area is 179 Å². The first kappa shape index (κ1) is 20.5. The molecule has 0 saturated heterocycles. The van der Waals surface area contributed by atoms with Crippen LogP contribution >= 0.6 is 0 Å². The average Bonchev–Trinajstić information content (AvgIpc) is 3.09. The number of esters is 1. The lowest BCUT2D eigenvalue weighted by molar-refractivity contribution is -0.384. The zero-order valence-electron chi connectivity index (χ0n) is 17.5. The fraction of sp³-hybridized carbons (Fsp3) is 0.261. The lowest BCUT2D eigenvalue weighted by atomic mass is 9.75. The lowest BCUT2D eigenvalue weighted by Gasteiger charge is -2.30. The monoisotopic (exact) mass is 418 g/mol. The summed E-state index contributed by atoms with van der Waals surface area (Å²) in [6, 6.07) is 16.0. The Morgan fingerprint density at radius 3 is 2.61 bits per heavy atom. The fourth-order valence-corrected chi connectivity index (χ4v) is 4.13. The Bertz CT molecular complexity index is 1180. The minimum atomic E-state index is -0.707. The van der Waals surface area contributed by atoms with Crippen LogP contribution in [0, 0.1) is 16.0 Å². The standard InChI is InChI=1S/C23H22N4O4/c1-4-31-23(28)18-14(2)24-22-20(19(18)16-11-8-12-17(13-16)27(29)30)21(25-26(22)3)15-9-6-5-7-10-15/h5-13,18-19H,4H2,1-3H3. The maximum Gasteiger partial charge on any atom is 0.315 e. The van der Waals surface area contributed by atoms with Crippen LogP contribution in [0.15, 0.2) is 59.6 Å². The molecule has 2 heterocycles. The number of carbonyl (C=O) groups excluding carboxylic acids is 1. The van der Waals surface area contributed by atoms with Crippen LogP contribution in [0.1, 0.15) is 30.9 Å². The van der Waals surface area contributed by atoms with E-state index in [0.29, 0.717) is 22.8 Å². The highest BCUT2D eigenvalue weighted by molar-refractivity contribution is 6.05. The van der Waals surface area contributed by atoms with Crippen molar-refractivity contribution in [2.24, 2.45) is 18.0 Å². The first-order valence-electron chi connectivity index (χ1n) is 10.0. The average molecular weight is 418 g/mol. The van der Waals surface area contributed by atoms with Crippen molar-refractivity contribution >= 4 is 23.2 Å². The number of non-ortho nitro benzene ring substituents is 1. The van der Waals surface area contributed by atoms with Gasteiger partial charge in [-0.3, -0.25) is 19.6 Å². The van der Waals surface area contributed by atoms with Crippen LogP contribution in [0.25, 0.3) is 11.3 Å². The molecule has 2 unspecified atom stereocenters. The van der Waals surface area contributed by atoms with Crippen molar-refractivity contribution < 1.29 is 14.5 Å². The van der Waals surface area contributed by atoms with E-state index >= 15 is 0 Å². The highest BCUT2D eigenvalue weighted by Crippen LogP contribution is 2.47. The van der Waals surface area contributed by atoms with Crippen LogP contribution in [0.4, 0.5) is 11.5 Å². The number of hydrogen-bond donors (Lipinski definition) is 0. The van der Waals surface area contributed by atoms with Crippen LogP contribution in [0.5, 0.6) is 0 Å². The third kappa shape index (κ3) is 3.61. The van der Waals surface area contributed by atoms with Crippen molar-refractivity contribution in [1.29, 1.82) is 0 Å². The summed E-state index contributed by atoms with van der Waals surface area (Å²) >= 11 is 0. The number of carbonyl (C=O) groups is 1. The number of aromatic nitrogens is 2. The van der Waals surface area contributed by atoms with Gasteiger partial charge in [0.15, 0.2) is 5.82 Å². The minimum absolute atomic E-state index is 0.0352. The van der Waals surface area contributed by atoms with Crippen LogP contribution in [0.3, 0.4) is 0 Å². The van der Waals surface area contributed by atoms with E-state index in [1.54, 1.807) is 37.7 Å². The molecule has 0 aliphatic carbocycles. The molecule has 1 aromatic heterocycles. The van der Waals surface area contributed by atoms with Crippen molar-refractivity contribution in [3.05, 3.63) is 75.8 Å². The summed E-state index contributed by atoms with van der Waals surface area (Å²) in [6.07, 6.45) is 0. The van der Waals surface area contributed by atoms with Gasteiger partial charge in [-0.2, -0.15) is 5.10 Å². The van der Waals surface area contributed by atoms with E-state index in [2.05, 4.69) is 0 Å². The molecule has 0 amide bonds. The number of ether oxygens (including phenoxy) is 1. The van der Waals surface area contributed by atoms with Gasteiger partial charge >= 0.3 is 5.97 Å². The van der Waals surface area contributed by atoms with Gasteiger partial charge in [0.1, 0.15) is 5.92 Å². The molecular formula is C23H22N4O4. The molecule has 2 aromatic carbocycles. The molecule has 2 atom stereocenters. The van der Waals surface area contributed by atoms with Gasteiger partial charge in [0.2, 0.25) is 0 Å². The van der Waals surface area contributed by atoms with Gasteiger partial charge in [0, 0.05) is 41.9 Å². The molecule has 0 saturated carbocycles. The Kier molecular flexibility index (Phi) is 5.37. The molecule has 0 bridgehead atoms. The summed E-state index contributed by atoms with van der Waals surface area (Å²) < 4.78 is 7.06. The third-order valence-corrected chi connectivity index (χ3v) is 5.46. The molecule has 0 spiro atoms. The fourth-order valence-electron chi connectivity index (χ4n) is 4.13. The first-order chi connectivity index (χ1) is 14.9. The van der Waals surface area contributed by atoms with Crippen molar-refractivity contribution in [1.82, 2.24) is 9.78 Å². The van der Waals surface area contributed by atoms with E-state index in [0.717, 1.165) is 11.1 Å². The molecule has 1 aliphatic heterocycles. The lowest BCUT2D eigenvalue weighted by Crippen LogP contribution is -2.33. The molecule has 8 nitrogen and oxygen atoms in total. The molecule has 8 heteroatoms. The second-order valence-electron chi connectivity index (χ2n) is 7.39. The summed E-state index contributed by atoms with van der Waals surface area (Å²) in [5.74, 6) is -1.00. The maximum atomic E-state index is 13.0.